The van der Waals surface area contributed by atoms with Crippen molar-refractivity contribution in [3.63, 3.8) is 0 Å². The lowest BCUT2D eigenvalue weighted by atomic mass is 9.92. The summed E-state index contributed by atoms with van der Waals surface area (Å²) in [6, 6.07) is 5.99. The maximum atomic E-state index is 12.6. The van der Waals surface area contributed by atoms with Gasteiger partial charge in [0.05, 0.1) is 15.7 Å². The summed E-state index contributed by atoms with van der Waals surface area (Å²) in [7, 11) is 0. The SMILES string of the molecule is Cc1nc(-n2nc(C(C)(C)C)cc2NC(=O)Nc2ccc(Cl)c(Cl)c2)[nH]c(=O)c1C. The third-order valence-corrected chi connectivity index (χ3v) is 5.22. The van der Waals surface area contributed by atoms with Crippen LogP contribution >= 0.6 is 23.2 Å². The quantitative estimate of drug-likeness (QED) is 0.533. The first-order chi connectivity index (χ1) is 14.0. The van der Waals surface area contributed by atoms with E-state index in [-0.39, 0.29) is 16.9 Å². The number of amides is 2. The minimum atomic E-state index is -0.513. The molecule has 0 atom stereocenters. The van der Waals surface area contributed by atoms with Crippen molar-refractivity contribution >= 4 is 40.7 Å². The number of aromatic nitrogens is 4. The van der Waals surface area contributed by atoms with Crippen LogP contribution in [-0.4, -0.2) is 25.8 Å². The van der Waals surface area contributed by atoms with Gasteiger partial charge < -0.3 is 5.32 Å². The van der Waals surface area contributed by atoms with Crippen LogP contribution in [0.25, 0.3) is 5.95 Å². The van der Waals surface area contributed by atoms with Gasteiger partial charge in [-0.05, 0) is 32.0 Å². The van der Waals surface area contributed by atoms with Gasteiger partial charge in [0.2, 0.25) is 5.95 Å². The van der Waals surface area contributed by atoms with E-state index in [0.717, 1.165) is 0 Å². The van der Waals surface area contributed by atoms with Gasteiger partial charge >= 0.3 is 6.03 Å². The van der Waals surface area contributed by atoms with Crippen LogP contribution in [0.4, 0.5) is 16.3 Å². The second-order valence-electron chi connectivity index (χ2n) is 7.88. The van der Waals surface area contributed by atoms with E-state index in [1.165, 1.54) is 4.68 Å². The third kappa shape index (κ3) is 4.66. The Morgan fingerprint density at radius 2 is 1.80 bits per heavy atom. The van der Waals surface area contributed by atoms with Gasteiger partial charge in [-0.15, -0.1) is 0 Å². The van der Waals surface area contributed by atoms with Crippen molar-refractivity contribution in [3.8, 4) is 5.95 Å². The molecular weight excluding hydrogens is 427 g/mol. The monoisotopic (exact) mass is 448 g/mol. The van der Waals surface area contributed by atoms with Gasteiger partial charge in [-0.1, -0.05) is 44.0 Å². The molecule has 30 heavy (non-hydrogen) atoms. The molecular formula is C20H22Cl2N6O2. The fourth-order valence-corrected chi connectivity index (χ4v) is 2.88. The van der Waals surface area contributed by atoms with Gasteiger partial charge in [0.1, 0.15) is 5.82 Å². The molecule has 2 aromatic heterocycles. The van der Waals surface area contributed by atoms with Crippen LogP contribution in [0, 0.1) is 13.8 Å². The number of hydrogen-bond donors (Lipinski definition) is 3. The van der Waals surface area contributed by atoms with Crippen LogP contribution in [0.15, 0.2) is 29.1 Å². The Labute approximate surface area is 183 Å². The van der Waals surface area contributed by atoms with Crippen molar-refractivity contribution < 1.29 is 4.79 Å². The Bertz CT molecular complexity index is 1180. The number of nitrogens with one attached hydrogen (secondary N) is 3. The highest BCUT2D eigenvalue weighted by molar-refractivity contribution is 6.42. The van der Waals surface area contributed by atoms with Crippen LogP contribution in [0.5, 0.6) is 0 Å². The molecule has 0 saturated carbocycles. The highest BCUT2D eigenvalue weighted by Crippen LogP contribution is 2.27. The first-order valence-electron chi connectivity index (χ1n) is 9.17. The number of hydrogen-bond acceptors (Lipinski definition) is 4. The Hall–Kier alpha value is -2.84. The Kier molecular flexibility index (Phi) is 5.92. The summed E-state index contributed by atoms with van der Waals surface area (Å²) in [5, 5.41) is 10.7. The molecule has 158 valence electrons. The van der Waals surface area contributed by atoms with Crippen LogP contribution in [-0.2, 0) is 5.41 Å². The van der Waals surface area contributed by atoms with Crippen molar-refractivity contribution in [2.24, 2.45) is 0 Å². The van der Waals surface area contributed by atoms with Crippen LogP contribution in [0.1, 0.15) is 37.7 Å². The zero-order valence-corrected chi connectivity index (χ0v) is 18.7. The summed E-state index contributed by atoms with van der Waals surface area (Å²) in [5.41, 5.74) is 1.73. The van der Waals surface area contributed by atoms with Gasteiger partial charge in [0.25, 0.3) is 5.56 Å². The average Bonchev–Trinajstić information content (AvgIpc) is 3.06. The molecule has 3 aromatic rings. The fraction of sp³-hybridized carbons (Fsp3) is 0.300. The number of carbonyl (C=O) groups excluding carboxylic acids is 1. The molecule has 0 fully saturated rings. The van der Waals surface area contributed by atoms with E-state index in [9.17, 15) is 9.59 Å². The van der Waals surface area contributed by atoms with Gasteiger partial charge in [-0.2, -0.15) is 9.78 Å². The molecule has 0 spiro atoms. The van der Waals surface area contributed by atoms with Crippen LogP contribution < -0.4 is 16.2 Å². The topological polar surface area (TPSA) is 105 Å². The molecule has 0 aliphatic rings. The zero-order chi connectivity index (χ0) is 22.2. The maximum absolute atomic E-state index is 12.6. The van der Waals surface area contributed by atoms with Gasteiger partial charge in [0, 0.05) is 28.4 Å². The number of urea groups is 1. The van der Waals surface area contributed by atoms with Crippen molar-refractivity contribution in [2.45, 2.75) is 40.0 Å². The second-order valence-corrected chi connectivity index (χ2v) is 8.70. The lowest BCUT2D eigenvalue weighted by Gasteiger charge is -2.14. The van der Waals surface area contributed by atoms with Crippen molar-refractivity contribution in [1.82, 2.24) is 19.7 Å². The molecule has 0 bridgehead atoms. The van der Waals surface area contributed by atoms with Crippen LogP contribution in [0.2, 0.25) is 10.0 Å². The highest BCUT2D eigenvalue weighted by atomic mass is 35.5. The fourth-order valence-electron chi connectivity index (χ4n) is 2.58. The lowest BCUT2D eigenvalue weighted by Crippen LogP contribution is -2.23. The number of H-pyrrole nitrogens is 1. The molecule has 0 aliphatic carbocycles. The molecule has 2 amide bonds. The number of aryl methyl sites for hydroxylation is 1. The van der Waals surface area contributed by atoms with Gasteiger partial charge in [0.15, 0.2) is 0 Å². The van der Waals surface area contributed by atoms with E-state index in [2.05, 4.69) is 25.7 Å². The third-order valence-electron chi connectivity index (χ3n) is 4.48. The van der Waals surface area contributed by atoms with E-state index in [4.69, 9.17) is 23.2 Å². The molecule has 0 aliphatic heterocycles. The van der Waals surface area contributed by atoms with E-state index in [1.54, 1.807) is 38.1 Å². The number of anilines is 2. The summed E-state index contributed by atoms with van der Waals surface area (Å²) in [6.45, 7) is 9.42. The summed E-state index contributed by atoms with van der Waals surface area (Å²) in [5.74, 6) is 0.562. The Morgan fingerprint density at radius 1 is 1.10 bits per heavy atom. The number of nitrogens with zero attached hydrogens (tertiary/aromatic N) is 3. The van der Waals surface area contributed by atoms with Crippen LogP contribution in [0.3, 0.4) is 0 Å². The van der Waals surface area contributed by atoms with Crippen molar-refractivity contribution in [1.29, 1.82) is 0 Å². The number of carbonyl (C=O) groups is 1. The summed E-state index contributed by atoms with van der Waals surface area (Å²) in [6.07, 6.45) is 0. The average molecular weight is 449 g/mol. The minimum Gasteiger partial charge on any atom is -0.308 e. The number of halogens is 2. The predicted octanol–water partition coefficient (Wildman–Crippen LogP) is 4.82. The van der Waals surface area contributed by atoms with Gasteiger partial charge in [-0.3, -0.25) is 15.1 Å². The summed E-state index contributed by atoms with van der Waals surface area (Å²) >= 11 is 11.9. The molecule has 8 nitrogen and oxygen atoms in total. The summed E-state index contributed by atoms with van der Waals surface area (Å²) < 4.78 is 1.41. The first-order valence-corrected chi connectivity index (χ1v) is 9.93. The zero-order valence-electron chi connectivity index (χ0n) is 17.2. The lowest BCUT2D eigenvalue weighted by molar-refractivity contribution is 0.262. The van der Waals surface area contributed by atoms with Gasteiger partial charge in [-0.25, -0.2) is 9.78 Å². The first kappa shape index (κ1) is 21.9. The molecule has 2 heterocycles. The second kappa shape index (κ2) is 8.12. The normalized spacial score (nSPS) is 11.4. The maximum Gasteiger partial charge on any atom is 0.324 e. The number of benzene rings is 1. The van der Waals surface area contributed by atoms with E-state index in [0.29, 0.717) is 38.5 Å². The van der Waals surface area contributed by atoms with E-state index in [1.807, 2.05) is 20.8 Å². The highest BCUT2D eigenvalue weighted by Gasteiger charge is 2.23. The Morgan fingerprint density at radius 3 is 2.40 bits per heavy atom. The summed E-state index contributed by atoms with van der Waals surface area (Å²) in [4.78, 5) is 31.9. The molecule has 0 saturated heterocycles. The molecule has 1 aromatic carbocycles. The molecule has 10 heteroatoms. The van der Waals surface area contributed by atoms with Crippen molar-refractivity contribution in [2.75, 3.05) is 10.6 Å². The molecule has 0 unspecified atom stereocenters. The molecule has 0 radical (unpaired) electrons. The largest absolute Gasteiger partial charge is 0.324 e. The smallest absolute Gasteiger partial charge is 0.308 e. The van der Waals surface area contributed by atoms with E-state index < -0.39 is 6.03 Å². The van der Waals surface area contributed by atoms with E-state index >= 15 is 0 Å². The minimum absolute atomic E-state index is 0.212. The molecule has 3 N–H and O–H groups in total. The Balaban J connectivity index is 1.97. The number of aromatic amines is 1. The standard InChI is InChI=1S/C20H22Cl2N6O2/c1-10-11(2)23-18(26-17(10)29)28-16(9-15(27-28)20(3,4)5)25-19(30)24-12-6-7-13(21)14(22)8-12/h6-9H,1-5H3,(H,23,26,29)(H2,24,25,30). The predicted molar refractivity (Wildman–Crippen MR) is 119 cm³/mol. The number of rotatable bonds is 3. The molecule has 3 rings (SSSR count). The van der Waals surface area contributed by atoms with Crippen molar-refractivity contribution in [3.05, 3.63) is 61.6 Å².